The summed E-state index contributed by atoms with van der Waals surface area (Å²) >= 11 is 0. The van der Waals surface area contributed by atoms with E-state index < -0.39 is 5.97 Å². The minimum Gasteiger partial charge on any atom is -0.481 e. The Morgan fingerprint density at radius 1 is 1.50 bits per heavy atom. The maximum absolute atomic E-state index is 10.5. The molecule has 0 spiro atoms. The van der Waals surface area contributed by atoms with E-state index in [0.717, 1.165) is 22.6 Å². The fourth-order valence-electron chi connectivity index (χ4n) is 1.83. The van der Waals surface area contributed by atoms with Crippen molar-refractivity contribution in [2.75, 3.05) is 0 Å². The van der Waals surface area contributed by atoms with Crippen LogP contribution in [-0.2, 0) is 11.2 Å². The molecule has 2 heterocycles. The molecule has 0 saturated carbocycles. The topological polar surface area (TPSA) is 54.6 Å². The second-order valence-corrected chi connectivity index (χ2v) is 3.92. The summed E-state index contributed by atoms with van der Waals surface area (Å²) in [7, 11) is 0. The van der Waals surface area contributed by atoms with Gasteiger partial charge in [-0.1, -0.05) is 6.07 Å². The van der Waals surface area contributed by atoms with Gasteiger partial charge in [0.25, 0.3) is 0 Å². The molecule has 0 aliphatic heterocycles. The van der Waals surface area contributed by atoms with Crippen molar-refractivity contribution in [1.82, 2.24) is 9.38 Å². The predicted octanol–water partition coefficient (Wildman–Crippen LogP) is 1.97. The van der Waals surface area contributed by atoms with Crippen LogP contribution in [0.3, 0.4) is 0 Å². The van der Waals surface area contributed by atoms with E-state index in [0.29, 0.717) is 6.42 Å². The zero-order valence-electron chi connectivity index (χ0n) is 9.40. The third-order valence-corrected chi connectivity index (χ3v) is 2.76. The average molecular weight is 218 g/mol. The van der Waals surface area contributed by atoms with E-state index in [2.05, 4.69) is 4.98 Å². The number of nitrogens with zero attached hydrogens (tertiary/aromatic N) is 2. The first-order valence-electron chi connectivity index (χ1n) is 5.24. The van der Waals surface area contributed by atoms with Crippen molar-refractivity contribution in [2.45, 2.75) is 26.7 Å². The monoisotopic (exact) mass is 218 g/mol. The van der Waals surface area contributed by atoms with Crippen LogP contribution < -0.4 is 0 Å². The van der Waals surface area contributed by atoms with E-state index in [1.54, 1.807) is 0 Å². The molecule has 0 fully saturated rings. The van der Waals surface area contributed by atoms with E-state index in [9.17, 15) is 4.79 Å². The van der Waals surface area contributed by atoms with E-state index in [1.807, 2.05) is 36.6 Å². The van der Waals surface area contributed by atoms with Crippen molar-refractivity contribution in [3.05, 3.63) is 35.3 Å². The summed E-state index contributed by atoms with van der Waals surface area (Å²) in [5, 5.41) is 8.66. The molecule has 4 heteroatoms. The molecule has 16 heavy (non-hydrogen) atoms. The van der Waals surface area contributed by atoms with Gasteiger partial charge in [-0.15, -0.1) is 0 Å². The molecular weight excluding hydrogens is 204 g/mol. The molecule has 0 saturated heterocycles. The molecule has 2 aromatic heterocycles. The summed E-state index contributed by atoms with van der Waals surface area (Å²) < 4.78 is 2.01. The Morgan fingerprint density at radius 2 is 2.25 bits per heavy atom. The summed E-state index contributed by atoms with van der Waals surface area (Å²) in [4.78, 5) is 15.0. The second-order valence-electron chi connectivity index (χ2n) is 3.92. The highest BCUT2D eigenvalue weighted by Gasteiger charge is 2.10. The number of aryl methyl sites for hydroxylation is 3. The molecule has 0 aliphatic rings. The number of rotatable bonds is 3. The number of carboxylic acid groups (broad SMARTS) is 1. The molecule has 0 bridgehead atoms. The molecular formula is C12H14N2O2. The Hall–Kier alpha value is -1.84. The first-order valence-corrected chi connectivity index (χ1v) is 5.24. The molecule has 4 nitrogen and oxygen atoms in total. The maximum Gasteiger partial charge on any atom is 0.303 e. The van der Waals surface area contributed by atoms with Crippen LogP contribution in [-0.4, -0.2) is 20.5 Å². The lowest BCUT2D eigenvalue weighted by Gasteiger charge is -1.98. The highest BCUT2D eigenvalue weighted by atomic mass is 16.4. The molecule has 1 N–H and O–H groups in total. The number of imidazole rings is 1. The lowest BCUT2D eigenvalue weighted by Crippen LogP contribution is -1.99. The third-order valence-electron chi connectivity index (χ3n) is 2.76. The maximum atomic E-state index is 10.5. The normalized spacial score (nSPS) is 10.9. The van der Waals surface area contributed by atoms with Crippen molar-refractivity contribution in [3.8, 4) is 0 Å². The Morgan fingerprint density at radius 3 is 2.88 bits per heavy atom. The van der Waals surface area contributed by atoms with Gasteiger partial charge in [0.15, 0.2) is 0 Å². The molecule has 0 aliphatic carbocycles. The molecule has 84 valence electrons. The molecule has 0 unspecified atom stereocenters. The van der Waals surface area contributed by atoms with Gasteiger partial charge in [-0.05, 0) is 25.5 Å². The average Bonchev–Trinajstić information content (AvgIpc) is 2.55. The van der Waals surface area contributed by atoms with E-state index >= 15 is 0 Å². The van der Waals surface area contributed by atoms with E-state index in [4.69, 9.17) is 5.11 Å². The highest BCUT2D eigenvalue weighted by molar-refractivity contribution is 5.67. The van der Waals surface area contributed by atoms with Gasteiger partial charge in [0.2, 0.25) is 0 Å². The summed E-state index contributed by atoms with van der Waals surface area (Å²) in [6.45, 7) is 3.97. The minimum atomic E-state index is -0.784. The summed E-state index contributed by atoms with van der Waals surface area (Å²) in [5.74, 6) is -0.784. The fourth-order valence-corrected chi connectivity index (χ4v) is 1.83. The van der Waals surface area contributed by atoms with Gasteiger partial charge >= 0.3 is 5.97 Å². The lowest BCUT2D eigenvalue weighted by molar-refractivity contribution is -0.136. The summed E-state index contributed by atoms with van der Waals surface area (Å²) in [5.41, 5.74) is 3.92. The van der Waals surface area contributed by atoms with Crippen molar-refractivity contribution in [2.24, 2.45) is 0 Å². The lowest BCUT2D eigenvalue weighted by atomic mass is 10.2. The SMILES string of the molecule is Cc1cccn2c(C)c(CCC(=O)O)nc12. The molecule has 0 atom stereocenters. The molecule has 0 radical (unpaired) electrons. The standard InChI is InChI=1S/C12H14N2O2/c1-8-4-3-7-14-9(2)10(13-12(8)14)5-6-11(15)16/h3-4,7H,5-6H2,1-2H3,(H,15,16). The zero-order valence-corrected chi connectivity index (χ0v) is 9.40. The van der Waals surface area contributed by atoms with Crippen LogP contribution in [0.2, 0.25) is 0 Å². The van der Waals surface area contributed by atoms with Gasteiger partial charge in [-0.25, -0.2) is 4.98 Å². The number of aromatic nitrogens is 2. The fraction of sp³-hybridized carbons (Fsp3) is 0.333. The van der Waals surface area contributed by atoms with Crippen molar-refractivity contribution >= 4 is 11.6 Å². The van der Waals surface area contributed by atoms with Crippen molar-refractivity contribution in [1.29, 1.82) is 0 Å². The number of hydrogen-bond donors (Lipinski definition) is 1. The van der Waals surface area contributed by atoms with E-state index in [-0.39, 0.29) is 6.42 Å². The van der Waals surface area contributed by atoms with Crippen LogP contribution in [0.4, 0.5) is 0 Å². The van der Waals surface area contributed by atoms with Crippen molar-refractivity contribution in [3.63, 3.8) is 0 Å². The van der Waals surface area contributed by atoms with Crippen LogP contribution in [0.15, 0.2) is 18.3 Å². The smallest absolute Gasteiger partial charge is 0.303 e. The minimum absolute atomic E-state index is 0.129. The second kappa shape index (κ2) is 3.96. The number of hydrogen-bond acceptors (Lipinski definition) is 2. The Bertz CT molecular complexity index is 543. The largest absolute Gasteiger partial charge is 0.481 e. The van der Waals surface area contributed by atoms with Crippen LogP contribution in [0.5, 0.6) is 0 Å². The predicted molar refractivity (Wildman–Crippen MR) is 60.6 cm³/mol. The number of aliphatic carboxylic acids is 1. The van der Waals surface area contributed by atoms with Crippen LogP contribution in [0.1, 0.15) is 23.4 Å². The Kier molecular flexibility index (Phi) is 2.64. The van der Waals surface area contributed by atoms with Gasteiger partial charge in [0.1, 0.15) is 5.65 Å². The number of fused-ring (bicyclic) bond motifs is 1. The van der Waals surface area contributed by atoms with Gasteiger partial charge in [0.05, 0.1) is 12.1 Å². The number of pyridine rings is 1. The molecule has 0 aromatic carbocycles. The zero-order chi connectivity index (χ0) is 11.7. The first kappa shape index (κ1) is 10.7. The Labute approximate surface area is 93.5 Å². The first-order chi connectivity index (χ1) is 7.59. The molecule has 2 aromatic rings. The number of carboxylic acids is 1. The number of carbonyl (C=O) groups is 1. The van der Waals surface area contributed by atoms with Gasteiger partial charge in [0, 0.05) is 18.3 Å². The van der Waals surface area contributed by atoms with Crippen molar-refractivity contribution < 1.29 is 9.90 Å². The highest BCUT2D eigenvalue weighted by Crippen LogP contribution is 2.16. The molecule has 0 amide bonds. The van der Waals surface area contributed by atoms with E-state index in [1.165, 1.54) is 0 Å². The summed E-state index contributed by atoms with van der Waals surface area (Å²) in [6, 6.07) is 3.97. The Balaban J connectivity index is 2.44. The third kappa shape index (κ3) is 1.78. The van der Waals surface area contributed by atoms with Gasteiger partial charge in [-0.2, -0.15) is 0 Å². The van der Waals surface area contributed by atoms with Crippen LogP contribution in [0.25, 0.3) is 5.65 Å². The quantitative estimate of drug-likeness (QED) is 0.856. The van der Waals surface area contributed by atoms with Gasteiger partial charge in [-0.3, -0.25) is 4.79 Å². The molecule has 2 rings (SSSR count). The van der Waals surface area contributed by atoms with Crippen LogP contribution in [0, 0.1) is 13.8 Å². The van der Waals surface area contributed by atoms with Crippen LogP contribution >= 0.6 is 0 Å². The van der Waals surface area contributed by atoms with Gasteiger partial charge < -0.3 is 9.51 Å². The summed E-state index contributed by atoms with van der Waals surface area (Å²) in [6.07, 6.45) is 2.57.